The second kappa shape index (κ2) is 6.81. The predicted octanol–water partition coefficient (Wildman–Crippen LogP) is 1.55. The number of aromatic nitrogens is 1. The molecule has 1 aromatic rings. The number of nitrogens with one attached hydrogen (secondary N) is 1. The number of thiazole rings is 1. The monoisotopic (exact) mass is 245 g/mol. The van der Waals surface area contributed by atoms with Crippen molar-refractivity contribution in [2.24, 2.45) is 5.73 Å². The van der Waals surface area contributed by atoms with Crippen molar-refractivity contribution in [3.63, 3.8) is 0 Å². The Kier molecular flexibility index (Phi) is 5.67. The number of rotatable bonds is 6. The number of carbonyl (C=O) groups excluding carboxylic acids is 1. The quantitative estimate of drug-likeness (QED) is 0.746. The molecule has 84 valence electrons. The molecule has 1 heterocycles. The smallest absolute Gasteiger partial charge is 0.236 e. The van der Waals surface area contributed by atoms with Gasteiger partial charge in [-0.25, -0.2) is 4.98 Å². The third kappa shape index (κ3) is 5.76. The molecule has 0 aliphatic rings. The molecule has 0 aliphatic heterocycles. The van der Waals surface area contributed by atoms with E-state index in [2.05, 4.69) is 10.3 Å². The Morgan fingerprint density at radius 3 is 3.20 bits per heavy atom. The van der Waals surface area contributed by atoms with Gasteiger partial charge >= 0.3 is 0 Å². The first kappa shape index (κ1) is 12.5. The van der Waals surface area contributed by atoms with Crippen molar-refractivity contribution in [3.8, 4) is 0 Å². The molecule has 6 heteroatoms. The molecule has 0 saturated carbocycles. The highest BCUT2D eigenvalue weighted by Crippen LogP contribution is 2.11. The van der Waals surface area contributed by atoms with Crippen molar-refractivity contribution >= 4 is 34.1 Å². The average Bonchev–Trinajstić information content (AvgIpc) is 2.64. The van der Waals surface area contributed by atoms with Crippen LogP contribution >= 0.6 is 23.1 Å². The first-order chi connectivity index (χ1) is 7.18. The van der Waals surface area contributed by atoms with E-state index in [1.54, 1.807) is 18.0 Å². The van der Waals surface area contributed by atoms with Crippen LogP contribution in [0.1, 0.15) is 13.3 Å². The van der Waals surface area contributed by atoms with Crippen LogP contribution in [0, 0.1) is 0 Å². The summed E-state index contributed by atoms with van der Waals surface area (Å²) >= 11 is 3.02. The van der Waals surface area contributed by atoms with Gasteiger partial charge in [-0.05, 0) is 19.1 Å². The SMILES string of the molecule is CC(N)CCSCC(=O)Nc1nccs1. The van der Waals surface area contributed by atoms with E-state index < -0.39 is 0 Å². The van der Waals surface area contributed by atoms with Gasteiger partial charge in [-0.2, -0.15) is 11.8 Å². The van der Waals surface area contributed by atoms with E-state index in [0.29, 0.717) is 10.9 Å². The minimum absolute atomic E-state index is 0.000348. The molecule has 0 bridgehead atoms. The maximum absolute atomic E-state index is 11.4. The van der Waals surface area contributed by atoms with Gasteiger partial charge in [0.25, 0.3) is 0 Å². The number of hydrogen-bond acceptors (Lipinski definition) is 5. The van der Waals surface area contributed by atoms with Crippen LogP contribution < -0.4 is 11.1 Å². The standard InChI is InChI=1S/C9H15N3OS2/c1-7(10)2-4-14-6-8(13)12-9-11-3-5-15-9/h3,5,7H,2,4,6,10H2,1H3,(H,11,12,13). The lowest BCUT2D eigenvalue weighted by molar-refractivity contribution is -0.113. The molecule has 1 atom stereocenters. The van der Waals surface area contributed by atoms with Gasteiger partial charge < -0.3 is 11.1 Å². The van der Waals surface area contributed by atoms with E-state index in [0.717, 1.165) is 12.2 Å². The van der Waals surface area contributed by atoms with Crippen LogP contribution in [0.4, 0.5) is 5.13 Å². The Bertz CT molecular complexity index is 288. The number of anilines is 1. The molecule has 0 fully saturated rings. The molecule has 3 N–H and O–H groups in total. The van der Waals surface area contributed by atoms with E-state index in [1.807, 2.05) is 12.3 Å². The summed E-state index contributed by atoms with van der Waals surface area (Å²) in [7, 11) is 0. The van der Waals surface area contributed by atoms with Gasteiger partial charge in [-0.3, -0.25) is 4.79 Å². The van der Waals surface area contributed by atoms with E-state index in [1.165, 1.54) is 11.3 Å². The summed E-state index contributed by atoms with van der Waals surface area (Å²) in [5, 5.41) is 5.22. The fraction of sp³-hybridized carbons (Fsp3) is 0.556. The highest BCUT2D eigenvalue weighted by Gasteiger charge is 2.04. The summed E-state index contributed by atoms with van der Waals surface area (Å²) in [4.78, 5) is 15.3. The topological polar surface area (TPSA) is 68.0 Å². The Balaban J connectivity index is 2.09. The van der Waals surface area contributed by atoms with Gasteiger partial charge in [-0.1, -0.05) is 0 Å². The number of nitrogens with zero attached hydrogens (tertiary/aromatic N) is 1. The van der Waals surface area contributed by atoms with Crippen LogP contribution in [0.2, 0.25) is 0 Å². The second-order valence-electron chi connectivity index (χ2n) is 3.20. The van der Waals surface area contributed by atoms with Crippen LogP contribution in [0.25, 0.3) is 0 Å². The second-order valence-corrected chi connectivity index (χ2v) is 5.20. The fourth-order valence-corrected chi connectivity index (χ4v) is 2.36. The van der Waals surface area contributed by atoms with Crippen LogP contribution in [-0.2, 0) is 4.79 Å². The average molecular weight is 245 g/mol. The zero-order valence-electron chi connectivity index (χ0n) is 8.60. The molecule has 1 aromatic heterocycles. The molecule has 0 aromatic carbocycles. The fourth-order valence-electron chi connectivity index (χ4n) is 0.875. The molecule has 1 unspecified atom stereocenters. The minimum atomic E-state index is -0.000348. The van der Waals surface area contributed by atoms with Gasteiger partial charge in [0.2, 0.25) is 5.91 Å². The molecule has 15 heavy (non-hydrogen) atoms. The minimum Gasteiger partial charge on any atom is -0.328 e. The summed E-state index contributed by atoms with van der Waals surface area (Å²) in [6.07, 6.45) is 2.61. The molecule has 0 saturated heterocycles. The lowest BCUT2D eigenvalue weighted by atomic mass is 10.3. The summed E-state index contributed by atoms with van der Waals surface area (Å²) in [6.45, 7) is 1.97. The van der Waals surface area contributed by atoms with Crippen molar-refractivity contribution in [1.82, 2.24) is 4.98 Å². The molecular weight excluding hydrogens is 230 g/mol. The highest BCUT2D eigenvalue weighted by atomic mass is 32.2. The van der Waals surface area contributed by atoms with Crippen molar-refractivity contribution in [3.05, 3.63) is 11.6 Å². The molecule has 0 spiro atoms. The maximum Gasteiger partial charge on any atom is 0.236 e. The highest BCUT2D eigenvalue weighted by molar-refractivity contribution is 7.99. The Morgan fingerprint density at radius 1 is 1.80 bits per heavy atom. The van der Waals surface area contributed by atoms with Crippen LogP contribution in [0.15, 0.2) is 11.6 Å². The summed E-state index contributed by atoms with van der Waals surface area (Å²) in [5.74, 6) is 1.38. The predicted molar refractivity (Wildman–Crippen MR) is 66.3 cm³/mol. The Hall–Kier alpha value is -0.590. The molecular formula is C9H15N3OS2. The van der Waals surface area contributed by atoms with Crippen LogP contribution in [-0.4, -0.2) is 28.4 Å². The van der Waals surface area contributed by atoms with E-state index >= 15 is 0 Å². The van der Waals surface area contributed by atoms with Crippen molar-refractivity contribution < 1.29 is 4.79 Å². The maximum atomic E-state index is 11.4. The van der Waals surface area contributed by atoms with E-state index in [-0.39, 0.29) is 11.9 Å². The summed E-state index contributed by atoms with van der Waals surface area (Å²) in [6, 6.07) is 0.208. The van der Waals surface area contributed by atoms with Gasteiger partial charge in [-0.15, -0.1) is 11.3 Å². The normalized spacial score (nSPS) is 12.4. The third-order valence-electron chi connectivity index (χ3n) is 1.63. The van der Waals surface area contributed by atoms with Crippen molar-refractivity contribution in [2.45, 2.75) is 19.4 Å². The van der Waals surface area contributed by atoms with Gasteiger partial charge in [0.05, 0.1) is 5.75 Å². The molecule has 4 nitrogen and oxygen atoms in total. The third-order valence-corrected chi connectivity index (χ3v) is 3.31. The number of nitrogens with two attached hydrogens (primary N) is 1. The molecule has 0 aliphatic carbocycles. The lowest BCUT2D eigenvalue weighted by Gasteiger charge is -2.04. The van der Waals surface area contributed by atoms with E-state index in [4.69, 9.17) is 5.73 Å². The first-order valence-corrected chi connectivity index (χ1v) is 6.74. The van der Waals surface area contributed by atoms with Gasteiger partial charge in [0.15, 0.2) is 5.13 Å². The van der Waals surface area contributed by atoms with Crippen molar-refractivity contribution in [1.29, 1.82) is 0 Å². The molecule has 0 radical (unpaired) electrons. The summed E-state index contributed by atoms with van der Waals surface area (Å²) < 4.78 is 0. The first-order valence-electron chi connectivity index (χ1n) is 4.71. The molecule has 1 amide bonds. The largest absolute Gasteiger partial charge is 0.328 e. The van der Waals surface area contributed by atoms with Crippen LogP contribution in [0.5, 0.6) is 0 Å². The Labute approximate surface area is 97.7 Å². The van der Waals surface area contributed by atoms with Crippen LogP contribution in [0.3, 0.4) is 0 Å². The molecule has 1 rings (SSSR count). The lowest BCUT2D eigenvalue weighted by Crippen LogP contribution is -2.17. The number of carbonyl (C=O) groups is 1. The number of amides is 1. The van der Waals surface area contributed by atoms with Crippen molar-refractivity contribution in [2.75, 3.05) is 16.8 Å². The number of hydrogen-bond donors (Lipinski definition) is 2. The zero-order chi connectivity index (χ0) is 11.1. The zero-order valence-corrected chi connectivity index (χ0v) is 10.2. The van der Waals surface area contributed by atoms with E-state index in [9.17, 15) is 4.79 Å². The van der Waals surface area contributed by atoms with Gasteiger partial charge in [0.1, 0.15) is 0 Å². The summed E-state index contributed by atoms with van der Waals surface area (Å²) in [5.41, 5.74) is 5.60. The Morgan fingerprint density at radius 2 is 2.60 bits per heavy atom. The van der Waals surface area contributed by atoms with Gasteiger partial charge in [0, 0.05) is 17.6 Å². The number of thioether (sulfide) groups is 1.